The summed E-state index contributed by atoms with van der Waals surface area (Å²) in [6.07, 6.45) is 0. The van der Waals surface area contributed by atoms with Gasteiger partial charge in [-0.15, -0.1) is 0 Å². The van der Waals surface area contributed by atoms with Crippen molar-refractivity contribution in [2.75, 3.05) is 0 Å². The van der Waals surface area contributed by atoms with Gasteiger partial charge in [0.25, 0.3) is 0 Å². The van der Waals surface area contributed by atoms with E-state index in [-0.39, 0.29) is 30.3 Å². The van der Waals surface area contributed by atoms with Gasteiger partial charge in [0.05, 0.1) is 15.1 Å². The molecule has 56 valence electrons. The molecule has 0 aliphatic carbocycles. The van der Waals surface area contributed by atoms with Crippen LogP contribution in [0.4, 0.5) is 0 Å². The molecule has 5 heteroatoms. The van der Waals surface area contributed by atoms with E-state index in [9.17, 15) is 0 Å². The zero-order valence-electron chi connectivity index (χ0n) is 5.44. The van der Waals surface area contributed by atoms with Gasteiger partial charge in [-0.3, -0.25) is 0 Å². The van der Waals surface area contributed by atoms with Gasteiger partial charge in [-0.2, -0.15) is 0 Å². The second-order valence-corrected chi connectivity index (χ2v) is 2.94. The Kier molecular flexibility index (Phi) is 4.73. The minimum Gasteiger partial charge on any atom is -0.506 e. The maximum absolute atomic E-state index is 8.95. The van der Waals surface area contributed by atoms with Crippen molar-refractivity contribution < 1.29 is 24.6 Å². The van der Waals surface area contributed by atoms with Crippen LogP contribution < -0.4 is 0 Å². The van der Waals surface area contributed by atoms with Gasteiger partial charge in [-0.05, 0) is 6.07 Å². The van der Waals surface area contributed by atoms with Crippen LogP contribution in [0.5, 0.6) is 5.75 Å². The quantitative estimate of drug-likeness (QED) is 0.562. The van der Waals surface area contributed by atoms with Crippen molar-refractivity contribution in [1.82, 2.24) is 0 Å². The van der Waals surface area contributed by atoms with Crippen LogP contribution in [0.15, 0.2) is 12.1 Å². The van der Waals surface area contributed by atoms with Gasteiger partial charge in [0.1, 0.15) is 5.75 Å². The van der Waals surface area contributed by atoms with Gasteiger partial charge in [-0.1, -0.05) is 34.8 Å². The van der Waals surface area contributed by atoms with Crippen molar-refractivity contribution in [3.05, 3.63) is 27.2 Å². The summed E-state index contributed by atoms with van der Waals surface area (Å²) in [5.74, 6) is -0.0592. The molecule has 0 aromatic heterocycles. The first-order valence-corrected chi connectivity index (χ1v) is 3.58. The van der Waals surface area contributed by atoms with E-state index in [2.05, 4.69) is 0 Å². The summed E-state index contributed by atoms with van der Waals surface area (Å²) in [7, 11) is 0. The van der Waals surface area contributed by atoms with Gasteiger partial charge < -0.3 is 5.11 Å². The van der Waals surface area contributed by atoms with Crippen molar-refractivity contribution in [2.45, 2.75) is 0 Å². The topological polar surface area (TPSA) is 20.2 Å². The van der Waals surface area contributed by atoms with Crippen molar-refractivity contribution in [3.8, 4) is 5.75 Å². The van der Waals surface area contributed by atoms with Crippen LogP contribution in [-0.2, 0) is 19.5 Å². The molecule has 1 rings (SSSR count). The molecular weight excluding hydrogens is 260 g/mol. The number of benzene rings is 1. The first kappa shape index (κ1) is 11.5. The molecule has 0 unspecified atom stereocenters. The molecule has 0 bridgehead atoms. The van der Waals surface area contributed by atoms with E-state index < -0.39 is 0 Å². The number of halogens is 3. The third kappa shape index (κ3) is 2.79. The Balaban J connectivity index is 0.000001000. The molecule has 1 N–H and O–H groups in total. The summed E-state index contributed by atoms with van der Waals surface area (Å²) in [6, 6.07) is 2.69. The van der Waals surface area contributed by atoms with E-state index >= 15 is 0 Å². The van der Waals surface area contributed by atoms with Crippen LogP contribution >= 0.6 is 34.8 Å². The van der Waals surface area contributed by atoms with E-state index in [0.717, 1.165) is 0 Å². The van der Waals surface area contributed by atoms with Gasteiger partial charge >= 0.3 is 0 Å². The Morgan fingerprint density at radius 2 is 1.36 bits per heavy atom. The maximum Gasteiger partial charge on any atom is 0.135 e. The molecule has 0 atom stereocenters. The fourth-order valence-corrected chi connectivity index (χ4v) is 1.05. The Bertz CT molecular complexity index is 214. The number of phenolic OH excluding ortho intramolecular Hbond substituents is 1. The first-order chi connectivity index (χ1) is 4.61. The summed E-state index contributed by atoms with van der Waals surface area (Å²) in [5, 5.41) is 9.79. The summed E-state index contributed by atoms with van der Waals surface area (Å²) < 4.78 is 0. The smallest absolute Gasteiger partial charge is 0.135 e. The van der Waals surface area contributed by atoms with E-state index in [0.29, 0.717) is 10.0 Å². The zero-order valence-corrected chi connectivity index (χ0v) is 10.7. The number of rotatable bonds is 0. The van der Waals surface area contributed by atoms with Crippen LogP contribution in [0.2, 0.25) is 15.1 Å². The average molecular weight is 263 g/mol. The molecule has 0 saturated heterocycles. The standard InChI is InChI=1S/C6H3Cl3O.Zn/c7-3-1-5(9)6(10)2-4(3)8;/h1-2,10H;. The van der Waals surface area contributed by atoms with Gasteiger partial charge in [-0.25, -0.2) is 0 Å². The van der Waals surface area contributed by atoms with Crippen LogP contribution in [0.1, 0.15) is 0 Å². The van der Waals surface area contributed by atoms with E-state index in [4.69, 9.17) is 39.9 Å². The molecule has 0 aliphatic heterocycles. The van der Waals surface area contributed by atoms with Crippen LogP contribution in [-0.4, -0.2) is 5.11 Å². The fourth-order valence-electron chi connectivity index (χ4n) is 0.512. The predicted octanol–water partition coefficient (Wildman–Crippen LogP) is 3.35. The number of aromatic hydroxyl groups is 1. The Morgan fingerprint density at radius 3 is 1.82 bits per heavy atom. The van der Waals surface area contributed by atoms with Gasteiger partial charge in [0, 0.05) is 25.5 Å². The third-order valence-corrected chi connectivity index (χ3v) is 2.01. The second-order valence-electron chi connectivity index (χ2n) is 1.72. The number of phenols is 1. The molecule has 0 saturated carbocycles. The molecule has 0 fully saturated rings. The Hall–Kier alpha value is 0.513. The summed E-state index contributed by atoms with van der Waals surface area (Å²) >= 11 is 16.6. The van der Waals surface area contributed by atoms with Gasteiger partial charge in [0.2, 0.25) is 0 Å². The van der Waals surface area contributed by atoms with Crippen molar-refractivity contribution >= 4 is 34.8 Å². The Morgan fingerprint density at radius 1 is 0.909 bits per heavy atom. The van der Waals surface area contributed by atoms with Crippen LogP contribution in [0, 0.1) is 0 Å². The van der Waals surface area contributed by atoms with E-state index in [1.54, 1.807) is 0 Å². The van der Waals surface area contributed by atoms with Crippen molar-refractivity contribution in [3.63, 3.8) is 0 Å². The van der Waals surface area contributed by atoms with Crippen molar-refractivity contribution in [2.24, 2.45) is 0 Å². The number of hydrogen-bond donors (Lipinski definition) is 1. The fraction of sp³-hybridized carbons (Fsp3) is 0. The minimum absolute atomic E-state index is 0. The average Bonchev–Trinajstić information content (AvgIpc) is 1.84. The molecule has 1 aromatic rings. The molecule has 11 heavy (non-hydrogen) atoms. The second kappa shape index (κ2) is 4.52. The molecular formula is C6H3Cl3OZn. The van der Waals surface area contributed by atoms with Crippen LogP contribution in [0.25, 0.3) is 0 Å². The molecule has 1 nitrogen and oxygen atoms in total. The summed E-state index contributed by atoms with van der Waals surface area (Å²) in [6.45, 7) is 0. The molecule has 0 spiro atoms. The Labute approximate surface area is 92.0 Å². The summed E-state index contributed by atoms with van der Waals surface area (Å²) in [5.41, 5.74) is 0. The summed E-state index contributed by atoms with van der Waals surface area (Å²) in [4.78, 5) is 0. The van der Waals surface area contributed by atoms with Crippen molar-refractivity contribution in [1.29, 1.82) is 0 Å². The minimum atomic E-state index is -0.0592. The van der Waals surface area contributed by atoms with E-state index in [1.165, 1.54) is 12.1 Å². The van der Waals surface area contributed by atoms with Gasteiger partial charge in [0.15, 0.2) is 0 Å². The normalized spacial score (nSPS) is 9.00. The molecule has 0 radical (unpaired) electrons. The molecule has 1 aromatic carbocycles. The zero-order chi connectivity index (χ0) is 7.72. The first-order valence-electron chi connectivity index (χ1n) is 2.45. The van der Waals surface area contributed by atoms with E-state index in [1.807, 2.05) is 0 Å². The SMILES string of the molecule is Oc1cc(Cl)c(Cl)cc1Cl.[Zn]. The third-order valence-electron chi connectivity index (χ3n) is 0.990. The largest absolute Gasteiger partial charge is 0.506 e. The molecule has 0 amide bonds. The maximum atomic E-state index is 8.95. The monoisotopic (exact) mass is 260 g/mol. The van der Waals surface area contributed by atoms with Crippen LogP contribution in [0.3, 0.4) is 0 Å². The predicted molar refractivity (Wildman–Crippen MR) is 43.1 cm³/mol. The molecule has 0 aliphatic rings. The molecule has 0 heterocycles. The number of hydrogen-bond acceptors (Lipinski definition) is 1.